The molecule has 0 atom stereocenters. The Bertz CT molecular complexity index is 255. The Hall–Kier alpha value is -0.220. The molecule has 0 saturated heterocycles. The zero-order chi connectivity index (χ0) is 12.9. The molecule has 1 aliphatic carbocycles. The lowest BCUT2D eigenvalue weighted by Gasteiger charge is -2.32. The number of aliphatic hydroxyl groups is 1. The van der Waals surface area contributed by atoms with E-state index in [9.17, 15) is 9.90 Å². The highest BCUT2D eigenvalue weighted by atomic mass is 32.2. The summed E-state index contributed by atoms with van der Waals surface area (Å²) in [5.74, 6) is 0.503. The Kier molecular flexibility index (Phi) is 5.32. The summed E-state index contributed by atoms with van der Waals surface area (Å²) in [5.41, 5.74) is -0.652. The highest BCUT2D eigenvalue weighted by Gasteiger charge is 2.29. The summed E-state index contributed by atoms with van der Waals surface area (Å²) in [4.78, 5) is 11.6. The molecule has 100 valence electrons. The minimum Gasteiger partial charge on any atom is -0.388 e. The van der Waals surface area contributed by atoms with Gasteiger partial charge in [0.1, 0.15) is 0 Å². The molecule has 1 fully saturated rings. The third kappa shape index (κ3) is 6.32. The highest BCUT2D eigenvalue weighted by molar-refractivity contribution is 8.01. The third-order valence-corrected chi connectivity index (χ3v) is 4.31. The van der Waals surface area contributed by atoms with Gasteiger partial charge in [-0.1, -0.05) is 40.0 Å². The van der Waals surface area contributed by atoms with Gasteiger partial charge in [-0.25, -0.2) is 0 Å². The van der Waals surface area contributed by atoms with Gasteiger partial charge >= 0.3 is 0 Å². The molecule has 2 N–H and O–H groups in total. The Morgan fingerprint density at radius 1 is 1.29 bits per heavy atom. The van der Waals surface area contributed by atoms with Crippen LogP contribution in [-0.4, -0.2) is 33.7 Å². The maximum Gasteiger partial charge on any atom is 0.230 e. The summed E-state index contributed by atoms with van der Waals surface area (Å²) >= 11 is 1.63. The number of nitrogens with one attached hydrogen (secondary N) is 1. The van der Waals surface area contributed by atoms with Crippen LogP contribution in [0.5, 0.6) is 0 Å². The van der Waals surface area contributed by atoms with Crippen LogP contribution in [0.25, 0.3) is 0 Å². The Morgan fingerprint density at radius 3 is 2.41 bits per heavy atom. The predicted molar refractivity (Wildman–Crippen MR) is 73.3 cm³/mol. The fourth-order valence-electron chi connectivity index (χ4n) is 1.98. The number of amides is 1. The summed E-state index contributed by atoms with van der Waals surface area (Å²) in [6.45, 7) is 6.70. The molecule has 0 spiro atoms. The lowest BCUT2D eigenvalue weighted by atomic mass is 9.85. The van der Waals surface area contributed by atoms with Gasteiger partial charge in [-0.3, -0.25) is 4.79 Å². The fourth-order valence-corrected chi connectivity index (χ4v) is 2.65. The number of hydrogen-bond acceptors (Lipinski definition) is 3. The van der Waals surface area contributed by atoms with E-state index in [2.05, 4.69) is 26.1 Å². The van der Waals surface area contributed by atoms with Crippen LogP contribution >= 0.6 is 11.8 Å². The van der Waals surface area contributed by atoms with Gasteiger partial charge in [0.2, 0.25) is 5.91 Å². The van der Waals surface area contributed by atoms with Gasteiger partial charge in [0.05, 0.1) is 11.4 Å². The van der Waals surface area contributed by atoms with E-state index in [-0.39, 0.29) is 10.7 Å². The first-order chi connectivity index (χ1) is 7.81. The van der Waals surface area contributed by atoms with E-state index in [1.807, 2.05) is 0 Å². The van der Waals surface area contributed by atoms with E-state index in [0.717, 1.165) is 25.7 Å². The van der Waals surface area contributed by atoms with Crippen molar-refractivity contribution in [3.63, 3.8) is 0 Å². The average Bonchev–Trinajstić information content (AvgIpc) is 2.24. The number of carbonyl (C=O) groups is 1. The van der Waals surface area contributed by atoms with Gasteiger partial charge in [0.15, 0.2) is 0 Å². The molecule has 1 rings (SSSR count). The number of thioether (sulfide) groups is 1. The molecule has 0 aliphatic heterocycles. The van der Waals surface area contributed by atoms with E-state index in [1.54, 1.807) is 11.8 Å². The lowest BCUT2D eigenvalue weighted by Crippen LogP contribution is -2.44. The first-order valence-corrected chi connectivity index (χ1v) is 7.42. The molecule has 1 saturated carbocycles. The molecule has 0 aromatic heterocycles. The molecule has 17 heavy (non-hydrogen) atoms. The smallest absolute Gasteiger partial charge is 0.230 e. The van der Waals surface area contributed by atoms with Crippen LogP contribution in [-0.2, 0) is 4.79 Å². The van der Waals surface area contributed by atoms with E-state index in [0.29, 0.717) is 12.3 Å². The molecule has 0 heterocycles. The summed E-state index contributed by atoms with van der Waals surface area (Å²) in [7, 11) is 0. The fraction of sp³-hybridized carbons (Fsp3) is 0.923. The molecule has 0 aromatic carbocycles. The van der Waals surface area contributed by atoms with Crippen LogP contribution in [0.3, 0.4) is 0 Å². The number of rotatable bonds is 4. The van der Waals surface area contributed by atoms with Crippen LogP contribution in [0, 0.1) is 0 Å². The second kappa shape index (κ2) is 6.10. The van der Waals surface area contributed by atoms with Crippen LogP contribution in [0.15, 0.2) is 0 Å². The van der Waals surface area contributed by atoms with Crippen LogP contribution in [0.1, 0.15) is 52.9 Å². The van der Waals surface area contributed by atoms with Crippen molar-refractivity contribution in [2.45, 2.75) is 63.2 Å². The Labute approximate surface area is 109 Å². The van der Waals surface area contributed by atoms with Crippen molar-refractivity contribution >= 4 is 17.7 Å². The standard InChI is InChI=1S/C13H25NO2S/c1-12(2,3)17-9-11(15)14-10-13(16)7-5-4-6-8-13/h16H,4-10H2,1-3H3,(H,14,15). The van der Waals surface area contributed by atoms with E-state index in [1.165, 1.54) is 6.42 Å². The second-order valence-corrected chi connectivity index (χ2v) is 7.76. The molecule has 1 aliphatic rings. The molecular formula is C13H25NO2S. The van der Waals surface area contributed by atoms with Gasteiger partial charge in [0.25, 0.3) is 0 Å². The molecule has 0 bridgehead atoms. The zero-order valence-corrected chi connectivity index (χ0v) is 12.0. The first kappa shape index (κ1) is 14.8. The highest BCUT2D eigenvalue weighted by Crippen LogP contribution is 2.27. The monoisotopic (exact) mass is 259 g/mol. The van der Waals surface area contributed by atoms with Crippen LogP contribution < -0.4 is 5.32 Å². The maximum absolute atomic E-state index is 11.6. The summed E-state index contributed by atoms with van der Waals surface area (Å²) in [6.07, 6.45) is 4.99. The summed E-state index contributed by atoms with van der Waals surface area (Å²) < 4.78 is 0.110. The van der Waals surface area contributed by atoms with Crippen molar-refractivity contribution in [2.24, 2.45) is 0 Å². The minimum absolute atomic E-state index is 0.0314. The van der Waals surface area contributed by atoms with E-state index < -0.39 is 5.60 Å². The number of carbonyl (C=O) groups excluding carboxylic acids is 1. The van der Waals surface area contributed by atoms with Crippen molar-refractivity contribution < 1.29 is 9.90 Å². The summed E-state index contributed by atoms with van der Waals surface area (Å²) in [6, 6.07) is 0. The first-order valence-electron chi connectivity index (χ1n) is 6.44. The van der Waals surface area contributed by atoms with Crippen molar-refractivity contribution in [2.75, 3.05) is 12.3 Å². The Balaban J connectivity index is 2.23. The van der Waals surface area contributed by atoms with Crippen molar-refractivity contribution in [3.8, 4) is 0 Å². The zero-order valence-electron chi connectivity index (χ0n) is 11.2. The van der Waals surface area contributed by atoms with Crippen molar-refractivity contribution in [3.05, 3.63) is 0 Å². The largest absolute Gasteiger partial charge is 0.388 e. The minimum atomic E-state index is -0.652. The second-order valence-electron chi connectivity index (χ2n) is 5.96. The van der Waals surface area contributed by atoms with Gasteiger partial charge in [0, 0.05) is 11.3 Å². The Morgan fingerprint density at radius 2 is 1.88 bits per heavy atom. The molecule has 0 radical (unpaired) electrons. The van der Waals surface area contributed by atoms with Crippen LogP contribution in [0.2, 0.25) is 0 Å². The maximum atomic E-state index is 11.6. The van der Waals surface area contributed by atoms with Crippen molar-refractivity contribution in [1.82, 2.24) is 5.32 Å². The van der Waals surface area contributed by atoms with E-state index in [4.69, 9.17) is 0 Å². The van der Waals surface area contributed by atoms with Gasteiger partial charge in [-0.15, -0.1) is 11.8 Å². The van der Waals surface area contributed by atoms with E-state index >= 15 is 0 Å². The van der Waals surface area contributed by atoms with Crippen molar-refractivity contribution in [1.29, 1.82) is 0 Å². The lowest BCUT2D eigenvalue weighted by molar-refractivity contribution is -0.120. The molecule has 0 unspecified atom stereocenters. The molecule has 4 heteroatoms. The van der Waals surface area contributed by atoms with Gasteiger partial charge in [-0.05, 0) is 12.8 Å². The SMILES string of the molecule is CC(C)(C)SCC(=O)NCC1(O)CCCCC1. The molecule has 1 amide bonds. The predicted octanol–water partition coefficient (Wildman–Crippen LogP) is 2.33. The molecular weight excluding hydrogens is 234 g/mol. The third-order valence-electron chi connectivity index (χ3n) is 3.04. The topological polar surface area (TPSA) is 49.3 Å². The van der Waals surface area contributed by atoms with Gasteiger partial charge in [-0.2, -0.15) is 0 Å². The quantitative estimate of drug-likeness (QED) is 0.814. The number of hydrogen-bond donors (Lipinski definition) is 2. The normalized spacial score (nSPS) is 20.0. The molecule has 0 aromatic rings. The van der Waals surface area contributed by atoms with Gasteiger partial charge < -0.3 is 10.4 Å². The summed E-state index contributed by atoms with van der Waals surface area (Å²) in [5, 5.41) is 13.1. The molecule has 3 nitrogen and oxygen atoms in total. The van der Waals surface area contributed by atoms with Crippen LogP contribution in [0.4, 0.5) is 0 Å². The average molecular weight is 259 g/mol.